The monoisotopic (exact) mass is 245 g/mol. The molecule has 0 aliphatic rings. The third kappa shape index (κ3) is 4.06. The van der Waals surface area contributed by atoms with Crippen LogP contribution in [0.2, 0.25) is 5.02 Å². The molecule has 0 spiro atoms. The number of halogens is 2. The maximum absolute atomic E-state index is 13.2. The molecule has 0 saturated heterocycles. The molecule has 1 N–H and O–H groups in total. The van der Waals surface area contributed by atoms with Gasteiger partial charge in [0.1, 0.15) is 5.82 Å². The Hall–Kier alpha value is -1.29. The Balaban J connectivity index is 2.37. The van der Waals surface area contributed by atoms with Gasteiger partial charge in [0, 0.05) is 18.0 Å². The Morgan fingerprint density at radius 3 is 3.00 bits per heavy atom. The van der Waals surface area contributed by atoms with Crippen molar-refractivity contribution < 1.29 is 13.9 Å². The molecule has 0 aliphatic heterocycles. The van der Waals surface area contributed by atoms with Gasteiger partial charge in [0.05, 0.1) is 12.8 Å². The van der Waals surface area contributed by atoms with Gasteiger partial charge in [0.15, 0.2) is 0 Å². The van der Waals surface area contributed by atoms with Gasteiger partial charge in [-0.3, -0.25) is 4.79 Å². The zero-order chi connectivity index (χ0) is 12.0. The summed E-state index contributed by atoms with van der Waals surface area (Å²) >= 11 is 5.72. The number of carbonyl (C=O) groups excluding carboxylic acids is 1. The summed E-state index contributed by atoms with van der Waals surface area (Å²) in [6.07, 6.45) is 0.893. The molecule has 0 aromatic heterocycles. The highest BCUT2D eigenvalue weighted by Crippen LogP contribution is 2.19. The van der Waals surface area contributed by atoms with Crippen molar-refractivity contribution in [1.82, 2.24) is 0 Å². The van der Waals surface area contributed by atoms with Gasteiger partial charge in [-0.15, -0.1) is 0 Å². The van der Waals surface area contributed by atoms with E-state index in [1.165, 1.54) is 25.3 Å². The molecule has 16 heavy (non-hydrogen) atoms. The van der Waals surface area contributed by atoms with Crippen LogP contribution in [-0.2, 0) is 9.53 Å². The number of ether oxygens (including phenoxy) is 1. The highest BCUT2D eigenvalue weighted by atomic mass is 35.5. The summed E-state index contributed by atoms with van der Waals surface area (Å²) < 4.78 is 17.7. The normalized spacial score (nSPS) is 9.94. The molecule has 0 fully saturated rings. The van der Waals surface area contributed by atoms with E-state index in [2.05, 4.69) is 10.1 Å². The predicted molar refractivity (Wildman–Crippen MR) is 61.1 cm³/mol. The molecule has 0 amide bonds. The lowest BCUT2D eigenvalue weighted by atomic mass is 10.2. The van der Waals surface area contributed by atoms with E-state index in [1.807, 2.05) is 0 Å². The highest BCUT2D eigenvalue weighted by Gasteiger charge is 2.03. The zero-order valence-electron chi connectivity index (χ0n) is 8.93. The van der Waals surface area contributed by atoms with Crippen LogP contribution < -0.4 is 5.32 Å². The summed E-state index contributed by atoms with van der Waals surface area (Å²) in [6.45, 7) is 0.492. The molecule has 0 saturated carbocycles. The first-order valence-electron chi connectivity index (χ1n) is 4.89. The lowest BCUT2D eigenvalue weighted by Gasteiger charge is -2.07. The molecule has 0 aliphatic carbocycles. The fraction of sp³-hybridized carbons (Fsp3) is 0.364. The molecule has 0 heterocycles. The van der Waals surface area contributed by atoms with E-state index in [0.29, 0.717) is 30.1 Å². The van der Waals surface area contributed by atoms with Crippen molar-refractivity contribution in [2.45, 2.75) is 12.8 Å². The Kier molecular flexibility index (Phi) is 5.05. The van der Waals surface area contributed by atoms with Crippen LogP contribution in [-0.4, -0.2) is 19.6 Å². The van der Waals surface area contributed by atoms with Crippen LogP contribution in [0.15, 0.2) is 18.2 Å². The summed E-state index contributed by atoms with van der Waals surface area (Å²) in [5.41, 5.74) is 0.345. The van der Waals surface area contributed by atoms with Crippen LogP contribution in [0.1, 0.15) is 12.8 Å². The van der Waals surface area contributed by atoms with Gasteiger partial charge < -0.3 is 10.1 Å². The molecular weight excluding hydrogens is 233 g/mol. The first-order chi connectivity index (χ1) is 7.63. The standard InChI is InChI=1S/C11H13ClFNO2/c1-16-11(15)3-2-6-14-10-7-8(12)4-5-9(10)13/h4-5,7,14H,2-3,6H2,1H3. The maximum Gasteiger partial charge on any atom is 0.305 e. The Morgan fingerprint density at radius 2 is 2.31 bits per heavy atom. The van der Waals surface area contributed by atoms with Gasteiger partial charge in [-0.2, -0.15) is 0 Å². The first kappa shape index (κ1) is 12.8. The molecule has 1 rings (SSSR count). The number of hydrogen-bond acceptors (Lipinski definition) is 3. The molecule has 1 aromatic carbocycles. The fourth-order valence-electron chi connectivity index (χ4n) is 1.19. The van der Waals surface area contributed by atoms with E-state index in [4.69, 9.17) is 11.6 Å². The fourth-order valence-corrected chi connectivity index (χ4v) is 1.36. The van der Waals surface area contributed by atoms with Crippen LogP contribution in [0, 0.1) is 5.82 Å². The van der Waals surface area contributed by atoms with Crippen LogP contribution in [0.4, 0.5) is 10.1 Å². The Labute approximate surface area is 98.5 Å². The van der Waals surface area contributed by atoms with E-state index >= 15 is 0 Å². The van der Waals surface area contributed by atoms with Crippen LogP contribution in [0.25, 0.3) is 0 Å². The highest BCUT2D eigenvalue weighted by molar-refractivity contribution is 6.30. The van der Waals surface area contributed by atoms with Crippen molar-refractivity contribution >= 4 is 23.3 Å². The molecule has 0 radical (unpaired) electrons. The van der Waals surface area contributed by atoms with E-state index in [-0.39, 0.29) is 11.8 Å². The second-order valence-corrected chi connectivity index (χ2v) is 3.67. The molecular formula is C11H13ClFNO2. The number of methoxy groups -OCH3 is 1. The second kappa shape index (κ2) is 6.33. The summed E-state index contributed by atoms with van der Waals surface area (Å²) in [7, 11) is 1.34. The van der Waals surface area contributed by atoms with Crippen LogP contribution in [0.3, 0.4) is 0 Å². The lowest BCUT2D eigenvalue weighted by Crippen LogP contribution is -2.07. The minimum atomic E-state index is -0.359. The smallest absolute Gasteiger partial charge is 0.305 e. The average molecular weight is 246 g/mol. The number of anilines is 1. The number of nitrogens with one attached hydrogen (secondary N) is 1. The van der Waals surface area contributed by atoms with Crippen molar-refractivity contribution in [2.75, 3.05) is 19.0 Å². The topological polar surface area (TPSA) is 38.3 Å². The summed E-state index contributed by atoms with van der Waals surface area (Å²) in [4.78, 5) is 10.8. The third-order valence-corrected chi connectivity index (χ3v) is 2.26. The molecule has 0 atom stereocenters. The average Bonchev–Trinajstić information content (AvgIpc) is 2.28. The largest absolute Gasteiger partial charge is 0.469 e. The quantitative estimate of drug-likeness (QED) is 0.640. The molecule has 1 aromatic rings. The van der Waals surface area contributed by atoms with Crippen molar-refractivity contribution in [3.8, 4) is 0 Å². The Morgan fingerprint density at radius 1 is 1.56 bits per heavy atom. The van der Waals surface area contributed by atoms with E-state index < -0.39 is 0 Å². The maximum atomic E-state index is 13.2. The predicted octanol–water partition coefficient (Wildman–Crippen LogP) is 2.84. The van der Waals surface area contributed by atoms with Crippen molar-refractivity contribution in [3.63, 3.8) is 0 Å². The van der Waals surface area contributed by atoms with Crippen molar-refractivity contribution in [1.29, 1.82) is 0 Å². The molecule has 88 valence electrons. The molecule has 3 nitrogen and oxygen atoms in total. The minimum Gasteiger partial charge on any atom is -0.469 e. The number of carbonyl (C=O) groups is 1. The van der Waals surface area contributed by atoms with Gasteiger partial charge in [0.25, 0.3) is 0 Å². The number of hydrogen-bond donors (Lipinski definition) is 1. The summed E-state index contributed by atoms with van der Waals surface area (Å²) in [6, 6.07) is 4.29. The number of benzene rings is 1. The zero-order valence-corrected chi connectivity index (χ0v) is 9.68. The summed E-state index contributed by atoms with van der Waals surface area (Å²) in [5.74, 6) is -0.629. The summed E-state index contributed by atoms with van der Waals surface area (Å²) in [5, 5.41) is 3.34. The van der Waals surface area contributed by atoms with Gasteiger partial charge in [0.2, 0.25) is 0 Å². The molecule has 0 unspecified atom stereocenters. The first-order valence-corrected chi connectivity index (χ1v) is 5.27. The van der Waals surface area contributed by atoms with Gasteiger partial charge >= 0.3 is 5.97 Å². The van der Waals surface area contributed by atoms with Crippen molar-refractivity contribution in [2.24, 2.45) is 0 Å². The van der Waals surface area contributed by atoms with E-state index in [0.717, 1.165) is 0 Å². The second-order valence-electron chi connectivity index (χ2n) is 3.23. The minimum absolute atomic E-state index is 0.270. The van der Waals surface area contributed by atoms with Crippen molar-refractivity contribution in [3.05, 3.63) is 29.0 Å². The lowest BCUT2D eigenvalue weighted by molar-refractivity contribution is -0.140. The molecule has 0 bridgehead atoms. The number of esters is 1. The number of rotatable bonds is 5. The van der Waals surface area contributed by atoms with Gasteiger partial charge in [-0.25, -0.2) is 4.39 Å². The molecule has 5 heteroatoms. The third-order valence-electron chi connectivity index (χ3n) is 2.03. The van der Waals surface area contributed by atoms with E-state index in [1.54, 1.807) is 0 Å². The van der Waals surface area contributed by atoms with Gasteiger partial charge in [-0.1, -0.05) is 11.6 Å². The van der Waals surface area contributed by atoms with Crippen LogP contribution in [0.5, 0.6) is 0 Å². The van der Waals surface area contributed by atoms with Gasteiger partial charge in [-0.05, 0) is 24.6 Å². The van der Waals surface area contributed by atoms with E-state index in [9.17, 15) is 9.18 Å². The van der Waals surface area contributed by atoms with Crippen LogP contribution >= 0.6 is 11.6 Å². The Bertz CT molecular complexity index is 371. The SMILES string of the molecule is COC(=O)CCCNc1cc(Cl)ccc1F.